The minimum atomic E-state index is 0.0189. The Morgan fingerprint density at radius 2 is 2.14 bits per heavy atom. The molecule has 0 saturated heterocycles. The van der Waals surface area contributed by atoms with E-state index in [-0.39, 0.29) is 5.91 Å². The summed E-state index contributed by atoms with van der Waals surface area (Å²) in [6.45, 7) is 4.74. The number of carbonyl (C=O) groups excluding carboxylic acids is 1. The molecule has 0 atom stereocenters. The topological polar surface area (TPSA) is 29.1 Å². The molecule has 0 radical (unpaired) electrons. The summed E-state index contributed by atoms with van der Waals surface area (Å²) in [6, 6.07) is 7.82. The van der Waals surface area contributed by atoms with Crippen molar-refractivity contribution in [2.24, 2.45) is 0 Å². The standard InChI is InChI=1S/C12H17NO/c1-3-6-10-7-5-8-11(9-10)12(14)13-4-2/h5,7-9H,3-4,6H2,1-2H3,(H,13,14). The number of nitrogens with one attached hydrogen (secondary N) is 1. The minimum Gasteiger partial charge on any atom is -0.352 e. The molecule has 0 unspecified atom stereocenters. The van der Waals surface area contributed by atoms with E-state index >= 15 is 0 Å². The van der Waals surface area contributed by atoms with Crippen LogP contribution in [0.1, 0.15) is 36.2 Å². The molecule has 1 aromatic carbocycles. The molecule has 2 nitrogen and oxygen atoms in total. The van der Waals surface area contributed by atoms with E-state index in [4.69, 9.17) is 0 Å². The molecule has 1 amide bonds. The predicted molar refractivity (Wildman–Crippen MR) is 58.4 cm³/mol. The smallest absolute Gasteiger partial charge is 0.251 e. The molecule has 0 bridgehead atoms. The van der Waals surface area contributed by atoms with E-state index in [1.54, 1.807) is 0 Å². The van der Waals surface area contributed by atoms with Gasteiger partial charge in [-0.05, 0) is 31.0 Å². The maximum atomic E-state index is 11.5. The zero-order valence-electron chi connectivity index (χ0n) is 8.84. The molecule has 76 valence electrons. The quantitative estimate of drug-likeness (QED) is 0.778. The van der Waals surface area contributed by atoms with Gasteiger partial charge in [0, 0.05) is 12.1 Å². The monoisotopic (exact) mass is 191 g/mol. The first-order chi connectivity index (χ1) is 6.77. The minimum absolute atomic E-state index is 0.0189. The van der Waals surface area contributed by atoms with E-state index < -0.39 is 0 Å². The van der Waals surface area contributed by atoms with Crippen LogP contribution in [0, 0.1) is 0 Å². The first kappa shape index (κ1) is 10.8. The van der Waals surface area contributed by atoms with Crippen molar-refractivity contribution in [3.63, 3.8) is 0 Å². The Bertz CT molecular complexity index is 307. The van der Waals surface area contributed by atoms with E-state index in [9.17, 15) is 4.79 Å². The van der Waals surface area contributed by atoms with Gasteiger partial charge in [-0.1, -0.05) is 25.5 Å². The van der Waals surface area contributed by atoms with Gasteiger partial charge in [0.05, 0.1) is 0 Å². The molecule has 0 spiro atoms. The average molecular weight is 191 g/mol. The van der Waals surface area contributed by atoms with Crippen molar-refractivity contribution in [1.82, 2.24) is 5.32 Å². The third kappa shape index (κ3) is 2.87. The molecule has 1 aromatic rings. The fraction of sp³-hybridized carbons (Fsp3) is 0.417. The van der Waals surface area contributed by atoms with Crippen molar-refractivity contribution in [2.45, 2.75) is 26.7 Å². The summed E-state index contributed by atoms with van der Waals surface area (Å²) in [5, 5.41) is 2.79. The van der Waals surface area contributed by atoms with E-state index in [0.717, 1.165) is 18.4 Å². The first-order valence-corrected chi connectivity index (χ1v) is 5.15. The Morgan fingerprint density at radius 3 is 2.79 bits per heavy atom. The Kier molecular flexibility index (Phi) is 4.17. The second kappa shape index (κ2) is 5.43. The summed E-state index contributed by atoms with van der Waals surface area (Å²) in [5.74, 6) is 0.0189. The van der Waals surface area contributed by atoms with Crippen LogP contribution in [0.5, 0.6) is 0 Å². The molecule has 0 aromatic heterocycles. The molecule has 1 rings (SSSR count). The van der Waals surface area contributed by atoms with E-state index in [1.165, 1.54) is 5.56 Å². The second-order valence-corrected chi connectivity index (χ2v) is 3.31. The number of hydrogen-bond acceptors (Lipinski definition) is 1. The Morgan fingerprint density at radius 1 is 1.36 bits per heavy atom. The zero-order chi connectivity index (χ0) is 10.4. The predicted octanol–water partition coefficient (Wildman–Crippen LogP) is 2.39. The zero-order valence-corrected chi connectivity index (χ0v) is 8.84. The molecule has 14 heavy (non-hydrogen) atoms. The first-order valence-electron chi connectivity index (χ1n) is 5.15. The number of hydrogen-bond donors (Lipinski definition) is 1. The lowest BCUT2D eigenvalue weighted by Crippen LogP contribution is -2.22. The van der Waals surface area contributed by atoms with Gasteiger partial charge >= 0.3 is 0 Å². The van der Waals surface area contributed by atoms with Crippen molar-refractivity contribution in [2.75, 3.05) is 6.54 Å². The van der Waals surface area contributed by atoms with E-state index in [0.29, 0.717) is 6.54 Å². The van der Waals surface area contributed by atoms with Gasteiger partial charge in [0.25, 0.3) is 5.91 Å². The Balaban J connectivity index is 2.77. The van der Waals surface area contributed by atoms with Crippen LogP contribution < -0.4 is 5.32 Å². The molecular formula is C12H17NO. The number of aryl methyl sites for hydroxylation is 1. The largest absolute Gasteiger partial charge is 0.352 e. The summed E-state index contributed by atoms with van der Waals surface area (Å²) in [7, 11) is 0. The van der Waals surface area contributed by atoms with Crippen LogP contribution >= 0.6 is 0 Å². The molecular weight excluding hydrogens is 174 g/mol. The van der Waals surface area contributed by atoms with Crippen molar-refractivity contribution in [1.29, 1.82) is 0 Å². The number of rotatable bonds is 4. The number of benzene rings is 1. The molecule has 2 heteroatoms. The maximum absolute atomic E-state index is 11.5. The normalized spacial score (nSPS) is 9.86. The average Bonchev–Trinajstić information content (AvgIpc) is 2.19. The Hall–Kier alpha value is -1.31. The lowest BCUT2D eigenvalue weighted by atomic mass is 10.1. The van der Waals surface area contributed by atoms with Crippen LogP contribution in [0.25, 0.3) is 0 Å². The van der Waals surface area contributed by atoms with Gasteiger partial charge < -0.3 is 5.32 Å². The lowest BCUT2D eigenvalue weighted by Gasteiger charge is -2.04. The fourth-order valence-corrected chi connectivity index (χ4v) is 1.42. The highest BCUT2D eigenvalue weighted by molar-refractivity contribution is 5.94. The van der Waals surface area contributed by atoms with Crippen molar-refractivity contribution >= 4 is 5.91 Å². The maximum Gasteiger partial charge on any atom is 0.251 e. The fourth-order valence-electron chi connectivity index (χ4n) is 1.42. The number of carbonyl (C=O) groups is 1. The second-order valence-electron chi connectivity index (χ2n) is 3.31. The number of amides is 1. The van der Waals surface area contributed by atoms with Gasteiger partial charge in [-0.2, -0.15) is 0 Å². The van der Waals surface area contributed by atoms with Crippen molar-refractivity contribution in [3.8, 4) is 0 Å². The van der Waals surface area contributed by atoms with Gasteiger partial charge in [0.15, 0.2) is 0 Å². The van der Waals surface area contributed by atoms with Crippen LogP contribution in [-0.2, 0) is 6.42 Å². The van der Waals surface area contributed by atoms with Crippen LogP contribution in [0.3, 0.4) is 0 Å². The summed E-state index contributed by atoms with van der Waals surface area (Å²) in [4.78, 5) is 11.5. The van der Waals surface area contributed by atoms with E-state index in [1.807, 2.05) is 25.1 Å². The summed E-state index contributed by atoms with van der Waals surface area (Å²) in [6.07, 6.45) is 2.14. The summed E-state index contributed by atoms with van der Waals surface area (Å²) in [5.41, 5.74) is 1.99. The molecule has 1 N–H and O–H groups in total. The highest BCUT2D eigenvalue weighted by Gasteiger charge is 2.03. The molecule has 0 heterocycles. The van der Waals surface area contributed by atoms with Crippen LogP contribution in [0.15, 0.2) is 24.3 Å². The molecule has 0 saturated carbocycles. The van der Waals surface area contributed by atoms with Crippen LogP contribution in [-0.4, -0.2) is 12.5 Å². The lowest BCUT2D eigenvalue weighted by molar-refractivity contribution is 0.0955. The third-order valence-electron chi connectivity index (χ3n) is 2.07. The summed E-state index contributed by atoms with van der Waals surface area (Å²) < 4.78 is 0. The molecule has 0 fully saturated rings. The third-order valence-corrected chi connectivity index (χ3v) is 2.07. The SMILES string of the molecule is CCCc1cccc(C(=O)NCC)c1. The Labute approximate surface area is 85.3 Å². The van der Waals surface area contributed by atoms with Gasteiger partial charge in [-0.25, -0.2) is 0 Å². The van der Waals surface area contributed by atoms with Gasteiger partial charge in [0.1, 0.15) is 0 Å². The van der Waals surface area contributed by atoms with Crippen LogP contribution in [0.2, 0.25) is 0 Å². The van der Waals surface area contributed by atoms with Gasteiger partial charge in [-0.15, -0.1) is 0 Å². The van der Waals surface area contributed by atoms with Crippen molar-refractivity contribution < 1.29 is 4.79 Å². The molecule has 0 aliphatic rings. The highest BCUT2D eigenvalue weighted by Crippen LogP contribution is 2.07. The van der Waals surface area contributed by atoms with Crippen LogP contribution in [0.4, 0.5) is 0 Å². The van der Waals surface area contributed by atoms with E-state index in [2.05, 4.69) is 18.3 Å². The molecule has 0 aliphatic carbocycles. The van der Waals surface area contributed by atoms with Crippen molar-refractivity contribution in [3.05, 3.63) is 35.4 Å². The van der Waals surface area contributed by atoms with Gasteiger partial charge in [0.2, 0.25) is 0 Å². The summed E-state index contributed by atoms with van der Waals surface area (Å²) >= 11 is 0. The van der Waals surface area contributed by atoms with Gasteiger partial charge in [-0.3, -0.25) is 4.79 Å². The highest BCUT2D eigenvalue weighted by atomic mass is 16.1. The molecule has 0 aliphatic heterocycles.